The summed E-state index contributed by atoms with van der Waals surface area (Å²) in [7, 11) is 4.06. The molecule has 0 aliphatic heterocycles. The number of thiophene rings is 1. The second-order valence-corrected chi connectivity index (χ2v) is 9.16. The van der Waals surface area contributed by atoms with Crippen LogP contribution in [0.15, 0.2) is 28.8 Å². The zero-order valence-electron chi connectivity index (χ0n) is 19.3. The van der Waals surface area contributed by atoms with Crippen molar-refractivity contribution in [3.05, 3.63) is 40.3 Å². The Morgan fingerprint density at radius 3 is 2.82 bits per heavy atom. The minimum absolute atomic E-state index is 0.00258. The standard InChI is InChI=1S/C23H30N4O5S/c1-5-15-9-16(8-14(2)21(15)31-13-17(29)10-24-20(30)12-28)22-25-23(32-26-22)19-7-6-18(33-19)11-27(3)4/h6-9,17,28-29H,5,10-13H2,1-4H3,(H,24,30)/t17-/m0/s1. The van der Waals surface area contributed by atoms with Gasteiger partial charge in [0, 0.05) is 23.5 Å². The predicted octanol–water partition coefficient (Wildman–Crippen LogP) is 2.25. The van der Waals surface area contributed by atoms with Crippen LogP contribution in [0.2, 0.25) is 0 Å². The van der Waals surface area contributed by atoms with Crippen molar-refractivity contribution in [2.45, 2.75) is 32.9 Å². The van der Waals surface area contributed by atoms with Crippen molar-refractivity contribution < 1.29 is 24.3 Å². The third-order valence-corrected chi connectivity index (χ3v) is 5.92. The van der Waals surface area contributed by atoms with E-state index >= 15 is 0 Å². The number of benzene rings is 1. The lowest BCUT2D eigenvalue weighted by Gasteiger charge is -2.17. The number of hydrogen-bond acceptors (Lipinski definition) is 9. The molecule has 2 heterocycles. The van der Waals surface area contributed by atoms with Gasteiger partial charge in [0.05, 0.1) is 4.88 Å². The molecule has 9 nitrogen and oxygen atoms in total. The van der Waals surface area contributed by atoms with Crippen LogP contribution in [-0.4, -0.2) is 71.1 Å². The Balaban J connectivity index is 1.73. The maximum absolute atomic E-state index is 11.1. The zero-order valence-corrected chi connectivity index (χ0v) is 20.1. The van der Waals surface area contributed by atoms with Crippen LogP contribution in [0.25, 0.3) is 22.2 Å². The molecule has 1 aromatic carbocycles. The lowest BCUT2D eigenvalue weighted by atomic mass is 10.0. The van der Waals surface area contributed by atoms with Gasteiger partial charge in [-0.1, -0.05) is 12.1 Å². The molecule has 33 heavy (non-hydrogen) atoms. The first-order valence-corrected chi connectivity index (χ1v) is 11.5. The molecule has 1 atom stereocenters. The smallest absolute Gasteiger partial charge is 0.268 e. The number of carbonyl (C=O) groups is 1. The summed E-state index contributed by atoms with van der Waals surface area (Å²) in [5.41, 5.74) is 2.66. The third-order valence-electron chi connectivity index (χ3n) is 4.86. The minimum atomic E-state index is -0.896. The van der Waals surface area contributed by atoms with Crippen LogP contribution >= 0.6 is 11.3 Å². The summed E-state index contributed by atoms with van der Waals surface area (Å²) in [6, 6.07) is 7.95. The molecule has 10 heteroatoms. The molecule has 2 aromatic heterocycles. The second kappa shape index (κ2) is 11.4. The number of amides is 1. The lowest BCUT2D eigenvalue weighted by molar-refractivity contribution is -0.124. The van der Waals surface area contributed by atoms with Gasteiger partial charge in [0.15, 0.2) is 0 Å². The van der Waals surface area contributed by atoms with Gasteiger partial charge >= 0.3 is 0 Å². The fourth-order valence-corrected chi connectivity index (χ4v) is 4.35. The number of nitrogens with one attached hydrogen (secondary N) is 1. The predicted molar refractivity (Wildman–Crippen MR) is 126 cm³/mol. The molecular formula is C23H30N4O5S. The molecule has 1 amide bonds. The first kappa shape index (κ1) is 24.8. The number of ether oxygens (including phenoxy) is 1. The van der Waals surface area contributed by atoms with Crippen molar-refractivity contribution >= 4 is 17.2 Å². The average molecular weight is 475 g/mol. The maximum Gasteiger partial charge on any atom is 0.268 e. The van der Waals surface area contributed by atoms with Crippen LogP contribution in [0.3, 0.4) is 0 Å². The van der Waals surface area contributed by atoms with E-state index in [1.54, 1.807) is 11.3 Å². The van der Waals surface area contributed by atoms with Gasteiger partial charge in [-0.25, -0.2) is 0 Å². The van der Waals surface area contributed by atoms with Crippen LogP contribution in [0.5, 0.6) is 5.75 Å². The maximum atomic E-state index is 11.1. The lowest BCUT2D eigenvalue weighted by Crippen LogP contribution is -2.36. The van der Waals surface area contributed by atoms with E-state index in [1.807, 2.05) is 46.1 Å². The largest absolute Gasteiger partial charge is 0.490 e. The molecule has 0 unspecified atom stereocenters. The van der Waals surface area contributed by atoms with Crippen molar-refractivity contribution in [3.63, 3.8) is 0 Å². The van der Waals surface area contributed by atoms with E-state index in [0.717, 1.165) is 28.1 Å². The number of aromatic nitrogens is 2. The third kappa shape index (κ3) is 6.61. The van der Waals surface area contributed by atoms with E-state index < -0.39 is 18.6 Å². The van der Waals surface area contributed by atoms with Gasteiger partial charge in [-0.3, -0.25) is 4.79 Å². The molecule has 0 aliphatic carbocycles. The van der Waals surface area contributed by atoms with E-state index in [-0.39, 0.29) is 13.2 Å². The normalized spacial score (nSPS) is 12.2. The second-order valence-electron chi connectivity index (χ2n) is 7.99. The van der Waals surface area contributed by atoms with Crippen molar-refractivity contribution in [2.24, 2.45) is 0 Å². The van der Waals surface area contributed by atoms with Crippen LogP contribution in [0.4, 0.5) is 0 Å². The van der Waals surface area contributed by atoms with E-state index in [4.69, 9.17) is 14.4 Å². The molecule has 0 radical (unpaired) electrons. The highest BCUT2D eigenvalue weighted by molar-refractivity contribution is 7.15. The molecule has 0 aliphatic rings. The SMILES string of the molecule is CCc1cc(-c2noc(-c3ccc(CN(C)C)s3)n2)cc(C)c1OC[C@@H](O)CNC(=O)CO. The monoisotopic (exact) mass is 474 g/mol. The van der Waals surface area contributed by atoms with Crippen molar-refractivity contribution in [1.82, 2.24) is 20.4 Å². The molecular weight excluding hydrogens is 444 g/mol. The Hall–Kier alpha value is -2.79. The van der Waals surface area contributed by atoms with Crippen LogP contribution in [0.1, 0.15) is 22.9 Å². The van der Waals surface area contributed by atoms with E-state index in [0.29, 0.717) is 23.9 Å². The van der Waals surface area contributed by atoms with Gasteiger partial charge in [0.25, 0.3) is 5.89 Å². The van der Waals surface area contributed by atoms with E-state index in [2.05, 4.69) is 26.4 Å². The Morgan fingerprint density at radius 1 is 1.33 bits per heavy atom. The first-order chi connectivity index (χ1) is 15.8. The average Bonchev–Trinajstić information content (AvgIpc) is 3.45. The molecule has 0 fully saturated rings. The number of carbonyl (C=O) groups excluding carboxylic acids is 1. The highest BCUT2D eigenvalue weighted by Gasteiger charge is 2.17. The Morgan fingerprint density at radius 2 is 2.12 bits per heavy atom. The Kier molecular flexibility index (Phi) is 8.56. The highest BCUT2D eigenvalue weighted by Crippen LogP contribution is 2.33. The number of aliphatic hydroxyl groups is 2. The quantitative estimate of drug-likeness (QED) is 0.387. The number of rotatable bonds is 11. The number of nitrogens with zero attached hydrogens (tertiary/aromatic N) is 3. The van der Waals surface area contributed by atoms with Crippen LogP contribution in [0, 0.1) is 6.92 Å². The van der Waals surface area contributed by atoms with Gasteiger partial charge in [-0.15, -0.1) is 11.3 Å². The molecule has 0 bridgehead atoms. The molecule has 0 saturated carbocycles. The van der Waals surface area contributed by atoms with Crippen molar-refractivity contribution in [2.75, 3.05) is 33.9 Å². The van der Waals surface area contributed by atoms with Gasteiger partial charge < -0.3 is 29.7 Å². The van der Waals surface area contributed by atoms with Crippen molar-refractivity contribution in [1.29, 1.82) is 0 Å². The zero-order chi connectivity index (χ0) is 24.0. The van der Waals surface area contributed by atoms with Crippen molar-refractivity contribution in [3.8, 4) is 27.9 Å². The number of hydrogen-bond donors (Lipinski definition) is 3. The summed E-state index contributed by atoms with van der Waals surface area (Å²) >= 11 is 1.63. The Labute approximate surface area is 197 Å². The Bertz CT molecular complexity index is 1080. The minimum Gasteiger partial charge on any atom is -0.490 e. The van der Waals surface area contributed by atoms with E-state index in [9.17, 15) is 9.90 Å². The topological polar surface area (TPSA) is 121 Å². The fraction of sp³-hybridized carbons (Fsp3) is 0.435. The highest BCUT2D eigenvalue weighted by atomic mass is 32.1. The molecule has 178 valence electrons. The molecule has 0 saturated heterocycles. The molecule has 3 rings (SSSR count). The van der Waals surface area contributed by atoms with Gasteiger partial charge in [0.2, 0.25) is 11.7 Å². The summed E-state index contributed by atoms with van der Waals surface area (Å²) in [4.78, 5) is 20.0. The summed E-state index contributed by atoms with van der Waals surface area (Å²) in [5, 5.41) is 25.4. The molecule has 3 N–H and O–H groups in total. The molecule has 0 spiro atoms. The number of aryl methyl sites for hydroxylation is 2. The summed E-state index contributed by atoms with van der Waals surface area (Å²) in [6.07, 6.45) is -0.183. The first-order valence-electron chi connectivity index (χ1n) is 10.7. The van der Waals surface area contributed by atoms with Gasteiger partial charge in [-0.05, 0) is 62.8 Å². The van der Waals surface area contributed by atoms with E-state index in [1.165, 1.54) is 4.88 Å². The fourth-order valence-electron chi connectivity index (χ4n) is 3.30. The van der Waals surface area contributed by atoms with Gasteiger partial charge in [-0.2, -0.15) is 4.98 Å². The summed E-state index contributed by atoms with van der Waals surface area (Å²) < 4.78 is 11.4. The number of aliphatic hydroxyl groups excluding tert-OH is 2. The van der Waals surface area contributed by atoms with Crippen LogP contribution < -0.4 is 10.1 Å². The van der Waals surface area contributed by atoms with Crippen LogP contribution in [-0.2, 0) is 17.8 Å². The summed E-state index contributed by atoms with van der Waals surface area (Å²) in [5.74, 6) is 1.14. The van der Waals surface area contributed by atoms with Gasteiger partial charge in [0.1, 0.15) is 25.1 Å². The summed E-state index contributed by atoms with van der Waals surface area (Å²) in [6.45, 7) is 4.19. The molecule has 3 aromatic rings.